The van der Waals surface area contributed by atoms with Crippen molar-refractivity contribution in [3.63, 3.8) is 0 Å². The third-order valence-corrected chi connectivity index (χ3v) is 7.38. The predicted molar refractivity (Wildman–Crippen MR) is 129 cm³/mol. The molecule has 2 fully saturated rings. The topological polar surface area (TPSA) is 88.1 Å². The van der Waals surface area contributed by atoms with Gasteiger partial charge in [-0.25, -0.2) is 4.98 Å². The number of pyridine rings is 3. The lowest BCUT2D eigenvalue weighted by Gasteiger charge is -2.52. The first kappa shape index (κ1) is 20.7. The van der Waals surface area contributed by atoms with Gasteiger partial charge in [0.15, 0.2) is 0 Å². The molecule has 1 aromatic carbocycles. The van der Waals surface area contributed by atoms with E-state index in [4.69, 9.17) is 0 Å². The molecule has 2 aliphatic rings. The number of amides is 2. The van der Waals surface area contributed by atoms with Crippen molar-refractivity contribution in [3.8, 4) is 0 Å². The maximum absolute atomic E-state index is 13.0. The SMILES string of the molecule is O=C(NC1CC2(CCN(C(=O)c3cc4ccccc4cn3)CC2)C1)c1ccc2cnccc2n1. The standard InChI is InChI=1S/C27H25N5O2/c33-25(23-6-5-20-16-28-10-7-22(20)31-23)30-21-14-27(15-21)8-11-32(12-9-27)26(34)24-13-18-3-1-2-4-19(18)17-29-24/h1-7,10,13,16-17,21H,8-9,11-12,14-15H2,(H,30,33). The number of carbonyl (C=O) groups is 2. The molecule has 0 radical (unpaired) electrons. The minimum Gasteiger partial charge on any atom is -0.348 e. The third kappa shape index (κ3) is 3.77. The molecule has 7 heteroatoms. The van der Waals surface area contributed by atoms with Gasteiger partial charge in [0.25, 0.3) is 11.8 Å². The van der Waals surface area contributed by atoms with Crippen molar-refractivity contribution >= 4 is 33.5 Å². The highest BCUT2D eigenvalue weighted by atomic mass is 16.2. The van der Waals surface area contributed by atoms with Gasteiger partial charge in [-0.15, -0.1) is 0 Å². The molecule has 1 saturated carbocycles. The lowest BCUT2D eigenvalue weighted by molar-refractivity contribution is 0.00837. The summed E-state index contributed by atoms with van der Waals surface area (Å²) < 4.78 is 0. The van der Waals surface area contributed by atoms with Gasteiger partial charge in [0.05, 0.1) is 5.52 Å². The molecule has 0 unspecified atom stereocenters. The Labute approximate surface area is 197 Å². The second-order valence-electron chi connectivity index (χ2n) is 9.55. The van der Waals surface area contributed by atoms with Gasteiger partial charge in [-0.2, -0.15) is 0 Å². The number of rotatable bonds is 3. The molecule has 6 rings (SSSR count). The molecule has 1 N–H and O–H groups in total. The van der Waals surface area contributed by atoms with Crippen LogP contribution < -0.4 is 5.32 Å². The van der Waals surface area contributed by atoms with E-state index in [2.05, 4.69) is 20.3 Å². The van der Waals surface area contributed by atoms with Crippen LogP contribution in [0.3, 0.4) is 0 Å². The Morgan fingerprint density at radius 1 is 0.912 bits per heavy atom. The van der Waals surface area contributed by atoms with Crippen LogP contribution in [0.4, 0.5) is 0 Å². The van der Waals surface area contributed by atoms with Crippen molar-refractivity contribution in [1.29, 1.82) is 0 Å². The van der Waals surface area contributed by atoms with E-state index < -0.39 is 0 Å². The lowest BCUT2D eigenvalue weighted by Crippen LogP contribution is -2.55. The number of piperidine rings is 1. The van der Waals surface area contributed by atoms with E-state index in [0.29, 0.717) is 11.4 Å². The number of nitrogens with one attached hydrogen (secondary N) is 1. The van der Waals surface area contributed by atoms with E-state index >= 15 is 0 Å². The number of nitrogens with zero attached hydrogens (tertiary/aromatic N) is 4. The Morgan fingerprint density at radius 2 is 1.71 bits per heavy atom. The van der Waals surface area contributed by atoms with Gasteiger partial charge in [0, 0.05) is 48.5 Å². The normalized spacial score (nSPS) is 17.6. The van der Waals surface area contributed by atoms with Crippen molar-refractivity contribution in [1.82, 2.24) is 25.2 Å². The summed E-state index contributed by atoms with van der Waals surface area (Å²) >= 11 is 0. The summed E-state index contributed by atoms with van der Waals surface area (Å²) in [7, 11) is 0. The Morgan fingerprint density at radius 3 is 2.53 bits per heavy atom. The second kappa shape index (κ2) is 8.17. The van der Waals surface area contributed by atoms with Crippen LogP contribution in [-0.4, -0.2) is 50.8 Å². The highest BCUT2D eigenvalue weighted by Gasteiger charge is 2.47. The fourth-order valence-electron chi connectivity index (χ4n) is 5.39. The summed E-state index contributed by atoms with van der Waals surface area (Å²) in [6.07, 6.45) is 9.01. The van der Waals surface area contributed by atoms with Crippen molar-refractivity contribution in [2.24, 2.45) is 5.41 Å². The zero-order chi connectivity index (χ0) is 23.1. The summed E-state index contributed by atoms with van der Waals surface area (Å²) in [5, 5.41) is 6.13. The molecule has 0 bridgehead atoms. The largest absolute Gasteiger partial charge is 0.348 e. The monoisotopic (exact) mass is 451 g/mol. The Bertz CT molecular complexity index is 1400. The molecule has 2 amide bonds. The highest BCUT2D eigenvalue weighted by molar-refractivity contribution is 5.96. The van der Waals surface area contributed by atoms with E-state index in [1.165, 1.54) is 0 Å². The minimum absolute atomic E-state index is 0.00218. The minimum atomic E-state index is -0.131. The molecule has 1 aliphatic carbocycles. The van der Waals surface area contributed by atoms with E-state index in [-0.39, 0.29) is 23.3 Å². The fourth-order valence-corrected chi connectivity index (χ4v) is 5.39. The molecule has 1 spiro atoms. The molecular formula is C27H25N5O2. The first-order valence-corrected chi connectivity index (χ1v) is 11.7. The van der Waals surface area contributed by atoms with Crippen LogP contribution in [0.1, 0.15) is 46.7 Å². The Balaban J connectivity index is 1.04. The van der Waals surface area contributed by atoms with Crippen LogP contribution in [0, 0.1) is 5.41 Å². The van der Waals surface area contributed by atoms with Gasteiger partial charge in [-0.05, 0) is 60.7 Å². The summed E-state index contributed by atoms with van der Waals surface area (Å²) in [5.41, 5.74) is 1.93. The number of hydrogen-bond acceptors (Lipinski definition) is 5. The summed E-state index contributed by atoms with van der Waals surface area (Å²) in [6.45, 7) is 1.46. The zero-order valence-corrected chi connectivity index (χ0v) is 18.8. The fraction of sp³-hybridized carbons (Fsp3) is 0.296. The smallest absolute Gasteiger partial charge is 0.272 e. The molecular weight excluding hydrogens is 426 g/mol. The van der Waals surface area contributed by atoms with Crippen molar-refractivity contribution < 1.29 is 9.59 Å². The Hall–Kier alpha value is -3.87. The van der Waals surface area contributed by atoms with Crippen molar-refractivity contribution in [2.45, 2.75) is 31.7 Å². The average molecular weight is 452 g/mol. The molecule has 170 valence electrons. The molecule has 1 saturated heterocycles. The summed E-state index contributed by atoms with van der Waals surface area (Å²) in [6, 6.07) is 15.4. The molecule has 3 aromatic heterocycles. The van der Waals surface area contributed by atoms with Crippen LogP contribution in [0.5, 0.6) is 0 Å². The lowest BCUT2D eigenvalue weighted by atomic mass is 9.60. The first-order chi connectivity index (χ1) is 16.6. The summed E-state index contributed by atoms with van der Waals surface area (Å²) in [5.74, 6) is -0.129. The summed E-state index contributed by atoms with van der Waals surface area (Å²) in [4.78, 5) is 40.6. The van der Waals surface area contributed by atoms with Gasteiger partial charge in [0.1, 0.15) is 11.4 Å². The third-order valence-electron chi connectivity index (χ3n) is 7.38. The van der Waals surface area contributed by atoms with Gasteiger partial charge in [-0.3, -0.25) is 19.6 Å². The first-order valence-electron chi connectivity index (χ1n) is 11.7. The van der Waals surface area contributed by atoms with Crippen LogP contribution >= 0.6 is 0 Å². The molecule has 34 heavy (non-hydrogen) atoms. The van der Waals surface area contributed by atoms with Crippen LogP contribution in [0.2, 0.25) is 0 Å². The molecule has 4 aromatic rings. The molecule has 0 atom stereocenters. The van der Waals surface area contributed by atoms with Gasteiger partial charge in [-0.1, -0.05) is 24.3 Å². The van der Waals surface area contributed by atoms with E-state index in [9.17, 15) is 9.59 Å². The van der Waals surface area contributed by atoms with Crippen LogP contribution in [0.25, 0.3) is 21.7 Å². The molecule has 7 nitrogen and oxygen atoms in total. The van der Waals surface area contributed by atoms with Crippen LogP contribution in [-0.2, 0) is 0 Å². The predicted octanol–water partition coefficient (Wildman–Crippen LogP) is 3.99. The Kier molecular flexibility index (Phi) is 4.98. The van der Waals surface area contributed by atoms with Gasteiger partial charge >= 0.3 is 0 Å². The van der Waals surface area contributed by atoms with Gasteiger partial charge < -0.3 is 10.2 Å². The second-order valence-corrected chi connectivity index (χ2v) is 9.55. The number of aromatic nitrogens is 3. The number of benzene rings is 1. The van der Waals surface area contributed by atoms with Crippen molar-refractivity contribution in [2.75, 3.05) is 13.1 Å². The number of carbonyl (C=O) groups excluding carboxylic acids is 2. The van der Waals surface area contributed by atoms with E-state index in [0.717, 1.165) is 60.4 Å². The molecule has 4 heterocycles. The zero-order valence-electron chi connectivity index (χ0n) is 18.8. The number of fused-ring (bicyclic) bond motifs is 2. The average Bonchev–Trinajstić information content (AvgIpc) is 2.87. The quantitative estimate of drug-likeness (QED) is 0.509. The maximum atomic E-state index is 13.0. The van der Waals surface area contributed by atoms with E-state index in [1.54, 1.807) is 24.7 Å². The molecule has 1 aliphatic heterocycles. The van der Waals surface area contributed by atoms with Gasteiger partial charge in [0.2, 0.25) is 0 Å². The number of hydrogen-bond donors (Lipinski definition) is 1. The van der Waals surface area contributed by atoms with Crippen molar-refractivity contribution in [3.05, 3.63) is 78.5 Å². The van der Waals surface area contributed by atoms with E-state index in [1.807, 2.05) is 47.4 Å². The maximum Gasteiger partial charge on any atom is 0.272 e. The highest BCUT2D eigenvalue weighted by Crippen LogP contribution is 2.49. The van der Waals surface area contributed by atoms with Crippen LogP contribution in [0.15, 0.2) is 67.1 Å². The number of likely N-dealkylation sites (tertiary alicyclic amines) is 1.